The molecule has 0 aromatic rings. The molecule has 0 bridgehead atoms. The van der Waals surface area contributed by atoms with Crippen LogP contribution in [-0.4, -0.2) is 39.0 Å². The molecule has 0 heterocycles. The fraction of sp³-hybridized carbons (Fsp3) is 1.00. The van der Waals surface area contributed by atoms with Crippen LogP contribution in [0.5, 0.6) is 0 Å². The summed E-state index contributed by atoms with van der Waals surface area (Å²) in [6, 6.07) is -0.184. The van der Waals surface area contributed by atoms with Crippen LogP contribution in [0.1, 0.15) is 19.3 Å². The lowest BCUT2D eigenvalue weighted by molar-refractivity contribution is 0.558. The van der Waals surface area contributed by atoms with Crippen molar-refractivity contribution in [1.29, 1.82) is 0 Å². The normalized spacial score (nSPS) is 28.1. The highest BCUT2D eigenvalue weighted by atomic mass is 79.9. The van der Waals surface area contributed by atoms with Gasteiger partial charge in [-0.3, -0.25) is 0 Å². The predicted molar refractivity (Wildman–Crippen MR) is 62.1 cm³/mol. The third-order valence-electron chi connectivity index (χ3n) is 2.13. The van der Waals surface area contributed by atoms with Gasteiger partial charge in [-0.05, 0) is 12.8 Å². The van der Waals surface area contributed by atoms with Gasteiger partial charge in [0.15, 0.2) is 14.9 Å². The van der Waals surface area contributed by atoms with Crippen LogP contribution in [0.3, 0.4) is 0 Å². The summed E-state index contributed by atoms with van der Waals surface area (Å²) in [6.07, 6.45) is 3.51. The van der Waals surface area contributed by atoms with Crippen molar-refractivity contribution in [3.63, 3.8) is 0 Å². The number of halogens is 1. The molecule has 0 spiro atoms. The van der Waals surface area contributed by atoms with Gasteiger partial charge < -0.3 is 0 Å². The first-order chi connectivity index (χ1) is 6.70. The second-order valence-electron chi connectivity index (χ2n) is 3.83. The maximum absolute atomic E-state index is 11.4. The van der Waals surface area contributed by atoms with Crippen molar-refractivity contribution < 1.29 is 16.8 Å². The summed E-state index contributed by atoms with van der Waals surface area (Å²) in [7, 11) is -7.23. The molecule has 0 aromatic carbocycles. The molecule has 1 aliphatic rings. The van der Waals surface area contributed by atoms with Crippen molar-refractivity contribution >= 4 is 35.8 Å². The molecule has 90 valence electrons. The summed E-state index contributed by atoms with van der Waals surface area (Å²) in [5.41, 5.74) is 0. The quantitative estimate of drug-likeness (QED) is 0.752. The number of sulfonamides is 1. The minimum Gasteiger partial charge on any atom is -0.228 e. The Morgan fingerprint density at radius 2 is 1.87 bits per heavy atom. The molecule has 1 aliphatic carbocycles. The first-order valence-electron chi connectivity index (χ1n) is 4.51. The van der Waals surface area contributed by atoms with E-state index in [2.05, 4.69) is 20.7 Å². The van der Waals surface area contributed by atoms with Gasteiger partial charge in [0.05, 0.1) is 0 Å². The Hall–Kier alpha value is 0.340. The van der Waals surface area contributed by atoms with Crippen LogP contribution in [0, 0.1) is 0 Å². The van der Waals surface area contributed by atoms with Crippen molar-refractivity contribution in [2.24, 2.45) is 0 Å². The SMILES string of the molecule is CS(=O)(=O)CS(=O)(=O)NC1CCCC1Br. The monoisotopic (exact) mass is 319 g/mol. The third-order valence-corrected chi connectivity index (χ3v) is 6.84. The summed E-state index contributed by atoms with van der Waals surface area (Å²) < 4.78 is 47.0. The highest BCUT2D eigenvalue weighted by Crippen LogP contribution is 2.26. The third kappa shape index (κ3) is 4.80. The highest BCUT2D eigenvalue weighted by Gasteiger charge is 2.30. The largest absolute Gasteiger partial charge is 0.228 e. The Kier molecular flexibility index (Phi) is 4.19. The van der Waals surface area contributed by atoms with Gasteiger partial charge in [0.25, 0.3) is 0 Å². The van der Waals surface area contributed by atoms with Gasteiger partial charge in [-0.15, -0.1) is 0 Å². The van der Waals surface area contributed by atoms with E-state index in [4.69, 9.17) is 0 Å². The Morgan fingerprint density at radius 1 is 1.27 bits per heavy atom. The van der Waals surface area contributed by atoms with E-state index in [1.54, 1.807) is 0 Å². The summed E-state index contributed by atoms with van der Waals surface area (Å²) in [4.78, 5) is 0.104. The van der Waals surface area contributed by atoms with Gasteiger partial charge in [0, 0.05) is 17.1 Å². The van der Waals surface area contributed by atoms with Crippen LogP contribution in [0.15, 0.2) is 0 Å². The first-order valence-corrected chi connectivity index (χ1v) is 9.14. The second kappa shape index (κ2) is 4.68. The predicted octanol–water partition coefficient (Wildman–Crippen LogP) is 0.224. The molecule has 1 N–H and O–H groups in total. The molecule has 8 heteroatoms. The first kappa shape index (κ1) is 13.4. The molecule has 1 rings (SSSR count). The van der Waals surface area contributed by atoms with E-state index in [1.165, 1.54) is 0 Å². The minimum absolute atomic E-state index is 0.104. The zero-order chi connectivity index (χ0) is 11.7. The fourth-order valence-corrected chi connectivity index (χ4v) is 5.76. The van der Waals surface area contributed by atoms with Crippen molar-refractivity contribution in [2.75, 3.05) is 11.3 Å². The minimum atomic E-state index is -3.72. The number of nitrogens with one attached hydrogen (secondary N) is 1. The van der Waals surface area contributed by atoms with Crippen LogP contribution in [0.2, 0.25) is 0 Å². The van der Waals surface area contributed by atoms with Gasteiger partial charge >= 0.3 is 0 Å². The molecule has 0 aliphatic heterocycles. The van der Waals surface area contributed by atoms with E-state index < -0.39 is 24.9 Å². The Labute approximate surface area is 98.7 Å². The number of rotatable bonds is 4. The zero-order valence-electron chi connectivity index (χ0n) is 8.31. The smallest absolute Gasteiger partial charge is 0.226 e. The molecule has 1 saturated carbocycles. The molecular formula is C7H14BrNO4S2. The fourth-order valence-electron chi connectivity index (χ4n) is 1.59. The van der Waals surface area contributed by atoms with Crippen LogP contribution < -0.4 is 4.72 Å². The second-order valence-corrected chi connectivity index (χ2v) is 9.27. The Bertz CT molecular complexity index is 416. The zero-order valence-corrected chi connectivity index (χ0v) is 11.5. The van der Waals surface area contributed by atoms with Crippen LogP contribution in [0.25, 0.3) is 0 Å². The standard InChI is InChI=1S/C7H14BrNO4S2/c1-14(10,11)5-15(12,13)9-7-4-2-3-6(7)8/h6-7,9H,2-5H2,1H3. The number of hydrogen-bond donors (Lipinski definition) is 1. The summed E-state index contributed by atoms with van der Waals surface area (Å²) in [5, 5.41) is -0.837. The molecule has 0 radical (unpaired) electrons. The van der Waals surface area contributed by atoms with Crippen molar-refractivity contribution in [1.82, 2.24) is 4.72 Å². The molecule has 1 fully saturated rings. The van der Waals surface area contributed by atoms with Gasteiger partial charge in [-0.1, -0.05) is 22.4 Å². The topological polar surface area (TPSA) is 80.3 Å². The molecule has 0 saturated heterocycles. The lowest BCUT2D eigenvalue weighted by Crippen LogP contribution is -2.40. The molecular weight excluding hydrogens is 306 g/mol. The van der Waals surface area contributed by atoms with E-state index in [9.17, 15) is 16.8 Å². The van der Waals surface area contributed by atoms with Crippen molar-refractivity contribution in [3.05, 3.63) is 0 Å². The van der Waals surface area contributed by atoms with Crippen molar-refractivity contribution in [2.45, 2.75) is 30.1 Å². The molecule has 0 aromatic heterocycles. The summed E-state index contributed by atoms with van der Waals surface area (Å²) >= 11 is 3.36. The van der Waals surface area contributed by atoms with E-state index >= 15 is 0 Å². The number of alkyl halides is 1. The molecule has 0 amide bonds. The lowest BCUT2D eigenvalue weighted by Gasteiger charge is -2.15. The van der Waals surface area contributed by atoms with Gasteiger partial charge in [0.1, 0.15) is 0 Å². The average molecular weight is 320 g/mol. The molecule has 5 nitrogen and oxygen atoms in total. The molecule has 2 atom stereocenters. The van der Waals surface area contributed by atoms with E-state index in [-0.39, 0.29) is 10.9 Å². The summed E-state index contributed by atoms with van der Waals surface area (Å²) in [5.74, 6) is 0. The van der Waals surface area contributed by atoms with Gasteiger partial charge in [-0.2, -0.15) is 0 Å². The van der Waals surface area contributed by atoms with E-state index in [0.717, 1.165) is 25.5 Å². The van der Waals surface area contributed by atoms with Crippen LogP contribution >= 0.6 is 15.9 Å². The Balaban J connectivity index is 2.64. The van der Waals surface area contributed by atoms with Gasteiger partial charge in [0.2, 0.25) is 10.0 Å². The van der Waals surface area contributed by atoms with E-state index in [1.807, 2.05) is 0 Å². The van der Waals surface area contributed by atoms with E-state index in [0.29, 0.717) is 0 Å². The van der Waals surface area contributed by atoms with Crippen LogP contribution in [0.4, 0.5) is 0 Å². The van der Waals surface area contributed by atoms with Gasteiger partial charge in [-0.25, -0.2) is 21.6 Å². The Morgan fingerprint density at radius 3 is 2.27 bits per heavy atom. The highest BCUT2D eigenvalue weighted by molar-refractivity contribution is 9.09. The summed E-state index contributed by atoms with van der Waals surface area (Å²) in [6.45, 7) is 0. The average Bonchev–Trinajstić information content (AvgIpc) is 2.29. The van der Waals surface area contributed by atoms with Crippen LogP contribution in [-0.2, 0) is 19.9 Å². The molecule has 15 heavy (non-hydrogen) atoms. The maximum atomic E-state index is 11.4. The molecule has 2 unspecified atom stereocenters. The van der Waals surface area contributed by atoms with Crippen molar-refractivity contribution in [3.8, 4) is 0 Å². The lowest BCUT2D eigenvalue weighted by atomic mass is 10.3. The maximum Gasteiger partial charge on any atom is 0.226 e. The number of sulfone groups is 1. The number of hydrogen-bond acceptors (Lipinski definition) is 4.